The Hall–Kier alpha value is -3.74. The minimum atomic E-state index is -0.453. The number of hydrogen-bond donors (Lipinski definition) is 3. The van der Waals surface area contributed by atoms with Gasteiger partial charge in [0.15, 0.2) is 11.6 Å². The van der Waals surface area contributed by atoms with Crippen molar-refractivity contribution in [2.75, 3.05) is 42.3 Å². The Morgan fingerprint density at radius 3 is 2.66 bits per heavy atom. The first-order valence-corrected chi connectivity index (χ1v) is 10.2. The number of aromatic nitrogens is 5. The summed E-state index contributed by atoms with van der Waals surface area (Å²) >= 11 is 0. The van der Waals surface area contributed by atoms with Crippen LogP contribution in [0.3, 0.4) is 0 Å². The average Bonchev–Trinajstić information content (AvgIpc) is 3.54. The largest absolute Gasteiger partial charge is 0.363 e. The van der Waals surface area contributed by atoms with E-state index in [4.69, 9.17) is 4.74 Å². The molecule has 1 saturated carbocycles. The second-order valence-corrected chi connectivity index (χ2v) is 8.08. The molecule has 3 N–H and O–H groups in total. The molecule has 0 unspecified atom stereocenters. The van der Waals surface area contributed by atoms with Gasteiger partial charge in [-0.3, -0.25) is 19.7 Å². The Labute approximate surface area is 182 Å². The molecule has 4 heterocycles. The van der Waals surface area contributed by atoms with E-state index in [1.165, 1.54) is 19.6 Å². The van der Waals surface area contributed by atoms with Gasteiger partial charge in [-0.05, 0) is 12.8 Å². The lowest BCUT2D eigenvalue weighted by molar-refractivity contribution is -0.118. The van der Waals surface area contributed by atoms with Gasteiger partial charge in [0.1, 0.15) is 24.1 Å². The highest BCUT2D eigenvalue weighted by Gasteiger charge is 2.50. The lowest BCUT2D eigenvalue weighted by Crippen LogP contribution is -2.62. The van der Waals surface area contributed by atoms with Gasteiger partial charge in [0, 0.05) is 25.6 Å². The van der Waals surface area contributed by atoms with Crippen molar-refractivity contribution in [3.8, 4) is 0 Å². The van der Waals surface area contributed by atoms with E-state index < -0.39 is 11.5 Å². The Balaban J connectivity index is 1.34. The number of hydrogen-bond acceptors (Lipinski definition) is 11. The normalized spacial score (nSPS) is 18.9. The molecule has 1 aliphatic carbocycles. The highest BCUT2D eigenvalue weighted by molar-refractivity contribution is 5.99. The van der Waals surface area contributed by atoms with E-state index in [0.29, 0.717) is 25.5 Å². The average molecular weight is 439 g/mol. The molecular formula is C19H21N9O4. The van der Waals surface area contributed by atoms with E-state index in [1.807, 2.05) is 4.90 Å². The third-order valence-corrected chi connectivity index (χ3v) is 5.53. The van der Waals surface area contributed by atoms with Gasteiger partial charge in [-0.25, -0.2) is 15.0 Å². The van der Waals surface area contributed by atoms with Gasteiger partial charge in [-0.15, -0.1) is 0 Å². The van der Waals surface area contributed by atoms with Crippen molar-refractivity contribution >= 4 is 41.3 Å². The molecule has 0 atom stereocenters. The molecule has 2 amide bonds. The fraction of sp³-hybridized carbons (Fsp3) is 0.474. The van der Waals surface area contributed by atoms with Crippen LogP contribution in [0.15, 0.2) is 12.5 Å². The molecule has 166 valence electrons. The molecule has 1 spiro atoms. The molecule has 2 aliphatic heterocycles. The zero-order chi connectivity index (χ0) is 22.3. The highest BCUT2D eigenvalue weighted by atomic mass is 16.5. The van der Waals surface area contributed by atoms with Crippen molar-refractivity contribution in [3.63, 3.8) is 0 Å². The Morgan fingerprint density at radius 2 is 1.97 bits per heavy atom. The Kier molecular flexibility index (Phi) is 4.89. The smallest absolute Gasteiger partial charge is 0.256 e. The number of carbonyl (C=O) groups excluding carboxylic acids is 3. The number of ketones is 1. The minimum Gasteiger partial charge on any atom is -0.363 e. The summed E-state index contributed by atoms with van der Waals surface area (Å²) in [6.07, 6.45) is 4.75. The summed E-state index contributed by atoms with van der Waals surface area (Å²) in [5, 5.41) is 8.10. The first-order chi connectivity index (χ1) is 15.4. The molecule has 0 aromatic carbocycles. The summed E-state index contributed by atoms with van der Waals surface area (Å²) in [5.41, 5.74) is -0.287. The van der Waals surface area contributed by atoms with Gasteiger partial charge in [0.05, 0.1) is 13.1 Å². The van der Waals surface area contributed by atoms with Crippen LogP contribution in [0.5, 0.6) is 0 Å². The summed E-state index contributed by atoms with van der Waals surface area (Å²) in [7, 11) is 1.49. The lowest BCUT2D eigenvalue weighted by Gasteiger charge is -2.46. The molecule has 13 heteroatoms. The number of nitrogens with one attached hydrogen (secondary N) is 3. The van der Waals surface area contributed by atoms with Crippen molar-refractivity contribution in [2.24, 2.45) is 5.92 Å². The summed E-state index contributed by atoms with van der Waals surface area (Å²) in [5.74, 6) is 0.333. The fourth-order valence-corrected chi connectivity index (χ4v) is 3.69. The highest BCUT2D eigenvalue weighted by Crippen LogP contribution is 2.35. The number of ether oxygens (including phenoxy) is 1. The molecule has 3 aliphatic rings. The summed E-state index contributed by atoms with van der Waals surface area (Å²) in [6, 6.07) is 0. The molecule has 0 bridgehead atoms. The van der Waals surface area contributed by atoms with E-state index in [1.54, 1.807) is 0 Å². The molecule has 5 rings (SSSR count). The van der Waals surface area contributed by atoms with Crippen LogP contribution >= 0.6 is 0 Å². The standard InChI is InChI=1S/C19H21N9O4/c1-20-15(31)12-5-21-16(26-14(30)10-2-3-10)24-13(12)25-17-22-9-23-18(27-17)28-7-19(8-28)4-11(29)6-32-19/h5,9-10H,2-4,6-8H2,1H3,(H,20,31)(H2,21,22,23,24,25,26,27,30). The van der Waals surface area contributed by atoms with Gasteiger partial charge in [0.2, 0.25) is 23.8 Å². The van der Waals surface area contributed by atoms with Crippen molar-refractivity contribution in [3.05, 3.63) is 18.1 Å². The molecule has 3 fully saturated rings. The number of nitrogens with zero attached hydrogens (tertiary/aromatic N) is 6. The van der Waals surface area contributed by atoms with Crippen molar-refractivity contribution in [1.82, 2.24) is 30.2 Å². The van der Waals surface area contributed by atoms with Crippen LogP contribution in [-0.4, -0.2) is 74.9 Å². The number of Topliss-reactive ketones (excluding diaryl/α,β-unsaturated/α-hetero) is 1. The van der Waals surface area contributed by atoms with E-state index in [0.717, 1.165) is 12.8 Å². The minimum absolute atomic E-state index is 0.0151. The van der Waals surface area contributed by atoms with Crippen molar-refractivity contribution in [1.29, 1.82) is 0 Å². The van der Waals surface area contributed by atoms with Gasteiger partial charge >= 0.3 is 0 Å². The zero-order valence-corrected chi connectivity index (χ0v) is 17.3. The second-order valence-electron chi connectivity index (χ2n) is 8.08. The van der Waals surface area contributed by atoms with Crippen LogP contribution in [-0.2, 0) is 14.3 Å². The van der Waals surface area contributed by atoms with Crippen LogP contribution < -0.4 is 20.9 Å². The van der Waals surface area contributed by atoms with Gasteiger partial charge in [-0.2, -0.15) is 9.97 Å². The maximum atomic E-state index is 12.3. The summed E-state index contributed by atoms with van der Waals surface area (Å²) in [4.78, 5) is 58.7. The molecule has 2 aromatic heterocycles. The van der Waals surface area contributed by atoms with Crippen LogP contribution in [0.2, 0.25) is 0 Å². The zero-order valence-electron chi connectivity index (χ0n) is 17.3. The summed E-state index contributed by atoms with van der Waals surface area (Å²) < 4.78 is 5.61. The number of amides is 2. The predicted molar refractivity (Wildman–Crippen MR) is 110 cm³/mol. The molecule has 2 saturated heterocycles. The second kappa shape index (κ2) is 7.75. The quantitative estimate of drug-likeness (QED) is 0.539. The van der Waals surface area contributed by atoms with Gasteiger partial charge in [-0.1, -0.05) is 0 Å². The van der Waals surface area contributed by atoms with Crippen molar-refractivity contribution < 1.29 is 19.1 Å². The molecule has 32 heavy (non-hydrogen) atoms. The van der Waals surface area contributed by atoms with E-state index in [-0.39, 0.29) is 47.5 Å². The Morgan fingerprint density at radius 1 is 1.16 bits per heavy atom. The maximum Gasteiger partial charge on any atom is 0.256 e. The van der Waals surface area contributed by atoms with E-state index >= 15 is 0 Å². The van der Waals surface area contributed by atoms with E-state index in [9.17, 15) is 14.4 Å². The van der Waals surface area contributed by atoms with E-state index in [2.05, 4.69) is 40.9 Å². The first kappa shape index (κ1) is 20.2. The first-order valence-electron chi connectivity index (χ1n) is 10.2. The molecule has 0 radical (unpaired) electrons. The van der Waals surface area contributed by atoms with Crippen LogP contribution in [0.1, 0.15) is 29.6 Å². The fourth-order valence-electron chi connectivity index (χ4n) is 3.69. The molecule has 2 aromatic rings. The topological polar surface area (TPSA) is 164 Å². The SMILES string of the molecule is CNC(=O)c1cnc(NC(=O)C2CC2)nc1Nc1ncnc(N2CC3(CC(=O)CO3)C2)n1. The maximum absolute atomic E-state index is 12.3. The van der Waals surface area contributed by atoms with Gasteiger partial charge in [0.25, 0.3) is 5.91 Å². The van der Waals surface area contributed by atoms with Crippen LogP contribution in [0.4, 0.5) is 23.7 Å². The Bertz CT molecular complexity index is 1100. The van der Waals surface area contributed by atoms with Crippen LogP contribution in [0.25, 0.3) is 0 Å². The lowest BCUT2D eigenvalue weighted by atomic mass is 9.91. The third-order valence-electron chi connectivity index (χ3n) is 5.53. The molecular weight excluding hydrogens is 418 g/mol. The summed E-state index contributed by atoms with van der Waals surface area (Å²) in [6.45, 7) is 1.17. The molecule has 13 nitrogen and oxygen atoms in total. The number of carbonyl (C=O) groups is 3. The van der Waals surface area contributed by atoms with Gasteiger partial charge < -0.3 is 20.3 Å². The van der Waals surface area contributed by atoms with Crippen molar-refractivity contribution in [2.45, 2.75) is 24.9 Å². The monoisotopic (exact) mass is 439 g/mol. The van der Waals surface area contributed by atoms with Crippen LogP contribution in [0, 0.1) is 5.92 Å². The third kappa shape index (κ3) is 3.93. The number of anilines is 4. The number of rotatable bonds is 6. The predicted octanol–water partition coefficient (Wildman–Crippen LogP) is -0.338.